The number of hydrogen-bond acceptors (Lipinski definition) is 2. The van der Waals surface area contributed by atoms with Crippen LogP contribution < -0.4 is 5.48 Å². The number of rotatable bonds is 6. The first-order valence-electron chi connectivity index (χ1n) is 4.61. The highest BCUT2D eigenvalue weighted by Crippen LogP contribution is 2.23. The van der Waals surface area contributed by atoms with Crippen LogP contribution in [0.2, 0.25) is 0 Å². The van der Waals surface area contributed by atoms with Crippen molar-refractivity contribution in [3.8, 4) is 0 Å². The van der Waals surface area contributed by atoms with Crippen molar-refractivity contribution < 1.29 is 5.21 Å². The third kappa shape index (κ3) is 7.23. The van der Waals surface area contributed by atoms with E-state index in [1.165, 1.54) is 0 Å². The van der Waals surface area contributed by atoms with E-state index in [0.29, 0.717) is 0 Å². The normalized spacial score (nSPS) is 14.2. The van der Waals surface area contributed by atoms with Crippen LogP contribution in [-0.2, 0) is 0 Å². The van der Waals surface area contributed by atoms with Gasteiger partial charge in [-0.05, 0) is 19.8 Å². The Morgan fingerprint density at radius 2 is 2.15 bits per heavy atom. The van der Waals surface area contributed by atoms with Gasteiger partial charge in [0.05, 0.1) is 6.04 Å². The summed E-state index contributed by atoms with van der Waals surface area (Å²) in [6.07, 6.45) is 3.10. The average molecular weight is 250 g/mol. The van der Waals surface area contributed by atoms with Gasteiger partial charge in [0.1, 0.15) is 0 Å². The van der Waals surface area contributed by atoms with Crippen LogP contribution in [0.5, 0.6) is 0 Å². The monoisotopic (exact) mass is 249 g/mol. The molecular formula is C10H20BrNO. The van der Waals surface area contributed by atoms with Gasteiger partial charge in [-0.15, -0.1) is 0 Å². The van der Waals surface area contributed by atoms with Crippen molar-refractivity contribution in [1.29, 1.82) is 0 Å². The Kier molecular flexibility index (Phi) is 5.85. The molecule has 0 aliphatic rings. The van der Waals surface area contributed by atoms with E-state index in [-0.39, 0.29) is 10.4 Å². The van der Waals surface area contributed by atoms with Crippen LogP contribution >= 0.6 is 15.9 Å². The summed E-state index contributed by atoms with van der Waals surface area (Å²) in [5, 5.41) is 8.80. The molecule has 0 saturated carbocycles. The topological polar surface area (TPSA) is 32.3 Å². The van der Waals surface area contributed by atoms with Crippen LogP contribution in [-0.4, -0.2) is 15.6 Å². The van der Waals surface area contributed by atoms with E-state index in [0.717, 1.165) is 24.8 Å². The Hall–Kier alpha value is 0.140. The second kappa shape index (κ2) is 5.78. The summed E-state index contributed by atoms with van der Waals surface area (Å²) in [5.41, 5.74) is 3.25. The Morgan fingerprint density at radius 1 is 1.62 bits per heavy atom. The molecule has 0 aromatic carbocycles. The minimum Gasteiger partial charge on any atom is -0.316 e. The Balaban J connectivity index is 3.68. The lowest BCUT2D eigenvalue weighted by molar-refractivity contribution is 0.134. The summed E-state index contributed by atoms with van der Waals surface area (Å²) < 4.78 is 0.197. The minimum absolute atomic E-state index is 0.0369. The molecular weight excluding hydrogens is 230 g/mol. The summed E-state index contributed by atoms with van der Waals surface area (Å²) in [7, 11) is 0. The van der Waals surface area contributed by atoms with E-state index < -0.39 is 0 Å². The van der Waals surface area contributed by atoms with Crippen molar-refractivity contribution >= 4 is 15.9 Å². The zero-order valence-corrected chi connectivity index (χ0v) is 10.3. The van der Waals surface area contributed by atoms with Crippen molar-refractivity contribution in [2.24, 2.45) is 0 Å². The highest BCUT2D eigenvalue weighted by molar-refractivity contribution is 9.10. The maximum absolute atomic E-state index is 8.80. The van der Waals surface area contributed by atoms with Crippen LogP contribution in [0, 0.1) is 0 Å². The first kappa shape index (κ1) is 13.1. The summed E-state index contributed by atoms with van der Waals surface area (Å²) in [6.45, 7) is 10.0. The second-order valence-corrected chi connectivity index (χ2v) is 6.29. The van der Waals surface area contributed by atoms with Gasteiger partial charge in [0.15, 0.2) is 0 Å². The first-order valence-corrected chi connectivity index (χ1v) is 5.40. The standard InChI is InChI=1S/C10H20BrNO/c1-8(2)9(12-13)6-5-7-10(3,4)11/h9,12-13H,1,5-7H2,2-4H3. The Morgan fingerprint density at radius 3 is 2.46 bits per heavy atom. The number of nitrogens with one attached hydrogen (secondary N) is 1. The average Bonchev–Trinajstić information content (AvgIpc) is 1.95. The van der Waals surface area contributed by atoms with Crippen LogP contribution in [0.4, 0.5) is 0 Å². The fourth-order valence-electron chi connectivity index (χ4n) is 1.15. The lowest BCUT2D eigenvalue weighted by atomic mass is 10.00. The van der Waals surface area contributed by atoms with Crippen molar-refractivity contribution in [1.82, 2.24) is 5.48 Å². The van der Waals surface area contributed by atoms with Crippen molar-refractivity contribution in [3.63, 3.8) is 0 Å². The molecule has 0 aromatic heterocycles. The molecule has 0 heterocycles. The molecule has 13 heavy (non-hydrogen) atoms. The van der Waals surface area contributed by atoms with Crippen LogP contribution in [0.15, 0.2) is 12.2 Å². The maximum Gasteiger partial charge on any atom is 0.0523 e. The maximum atomic E-state index is 8.80. The van der Waals surface area contributed by atoms with Gasteiger partial charge in [-0.3, -0.25) is 0 Å². The fraction of sp³-hybridized carbons (Fsp3) is 0.800. The molecule has 2 nitrogen and oxygen atoms in total. The van der Waals surface area contributed by atoms with E-state index in [9.17, 15) is 0 Å². The summed E-state index contributed by atoms with van der Waals surface area (Å²) in [6, 6.07) is 0.0369. The summed E-state index contributed by atoms with van der Waals surface area (Å²) >= 11 is 3.58. The molecule has 0 fully saturated rings. The largest absolute Gasteiger partial charge is 0.316 e. The highest BCUT2D eigenvalue weighted by Gasteiger charge is 2.14. The fourth-order valence-corrected chi connectivity index (χ4v) is 1.43. The van der Waals surface area contributed by atoms with Gasteiger partial charge >= 0.3 is 0 Å². The molecule has 1 unspecified atom stereocenters. The SMILES string of the molecule is C=C(C)C(CCCC(C)(C)Br)NO. The molecule has 0 saturated heterocycles. The molecule has 2 N–H and O–H groups in total. The highest BCUT2D eigenvalue weighted by atomic mass is 79.9. The van der Waals surface area contributed by atoms with E-state index in [4.69, 9.17) is 5.21 Å². The van der Waals surface area contributed by atoms with Gasteiger partial charge in [-0.25, -0.2) is 0 Å². The molecule has 0 radical (unpaired) electrons. The molecule has 0 bridgehead atoms. The lowest BCUT2D eigenvalue weighted by Crippen LogP contribution is -2.27. The molecule has 0 rings (SSSR count). The molecule has 0 aromatic rings. The molecule has 3 heteroatoms. The quantitative estimate of drug-likeness (QED) is 0.431. The third-order valence-corrected chi connectivity index (χ3v) is 2.41. The smallest absolute Gasteiger partial charge is 0.0523 e. The van der Waals surface area contributed by atoms with Crippen molar-refractivity contribution in [3.05, 3.63) is 12.2 Å². The molecule has 0 spiro atoms. The first-order chi connectivity index (χ1) is 5.87. The summed E-state index contributed by atoms with van der Waals surface area (Å²) in [4.78, 5) is 0. The molecule has 0 aliphatic heterocycles. The van der Waals surface area contributed by atoms with Gasteiger partial charge in [0.25, 0.3) is 0 Å². The zero-order valence-electron chi connectivity index (χ0n) is 8.73. The molecule has 78 valence electrons. The van der Waals surface area contributed by atoms with Gasteiger partial charge < -0.3 is 5.21 Å². The van der Waals surface area contributed by atoms with Crippen LogP contribution in [0.3, 0.4) is 0 Å². The zero-order chi connectivity index (χ0) is 10.5. The van der Waals surface area contributed by atoms with E-state index in [1.54, 1.807) is 0 Å². The molecule has 1 atom stereocenters. The van der Waals surface area contributed by atoms with E-state index in [1.807, 2.05) is 6.92 Å². The van der Waals surface area contributed by atoms with Crippen LogP contribution in [0.1, 0.15) is 40.0 Å². The van der Waals surface area contributed by atoms with Gasteiger partial charge in [-0.2, -0.15) is 5.48 Å². The van der Waals surface area contributed by atoms with E-state index in [2.05, 4.69) is 41.8 Å². The number of alkyl halides is 1. The Bertz CT molecular complexity index is 163. The van der Waals surface area contributed by atoms with Gasteiger partial charge in [-0.1, -0.05) is 48.4 Å². The van der Waals surface area contributed by atoms with Gasteiger partial charge in [0.2, 0.25) is 0 Å². The Labute approximate surface area is 89.5 Å². The summed E-state index contributed by atoms with van der Waals surface area (Å²) in [5.74, 6) is 0. The van der Waals surface area contributed by atoms with Crippen molar-refractivity contribution in [2.45, 2.75) is 50.4 Å². The number of halogens is 1. The number of hydroxylamine groups is 1. The third-order valence-electron chi connectivity index (χ3n) is 2.01. The predicted octanol–water partition coefficient (Wildman–Crippen LogP) is 3.25. The van der Waals surface area contributed by atoms with Crippen LogP contribution in [0.25, 0.3) is 0 Å². The van der Waals surface area contributed by atoms with Gasteiger partial charge in [0, 0.05) is 4.32 Å². The second-order valence-electron chi connectivity index (χ2n) is 4.14. The predicted molar refractivity (Wildman–Crippen MR) is 60.4 cm³/mol. The van der Waals surface area contributed by atoms with E-state index >= 15 is 0 Å². The van der Waals surface area contributed by atoms with Crippen molar-refractivity contribution in [2.75, 3.05) is 0 Å². The minimum atomic E-state index is 0.0369. The lowest BCUT2D eigenvalue weighted by Gasteiger charge is -2.19. The molecule has 0 amide bonds. The molecule has 0 aliphatic carbocycles. The number of hydrogen-bond donors (Lipinski definition) is 2.